The predicted octanol–water partition coefficient (Wildman–Crippen LogP) is 2.56. The molecule has 1 fully saturated rings. The number of nitrogens with zero attached hydrogens (tertiary/aromatic N) is 2. The molecule has 1 unspecified atom stereocenters. The molecule has 1 atom stereocenters. The molecule has 0 aliphatic carbocycles. The first-order chi connectivity index (χ1) is 11.1. The van der Waals surface area contributed by atoms with Gasteiger partial charge in [-0.25, -0.2) is 5.10 Å². The number of H-pyrrole nitrogens is 1. The van der Waals surface area contributed by atoms with Crippen LogP contribution >= 0.6 is 11.6 Å². The van der Waals surface area contributed by atoms with Crippen molar-refractivity contribution >= 4 is 23.0 Å². The number of anilines is 2. The molecule has 23 heavy (non-hydrogen) atoms. The Morgan fingerprint density at radius 2 is 2.13 bits per heavy atom. The molecule has 0 radical (unpaired) electrons. The van der Waals surface area contributed by atoms with Crippen LogP contribution < -0.4 is 10.9 Å². The lowest BCUT2D eigenvalue weighted by atomic mass is 10.1. The summed E-state index contributed by atoms with van der Waals surface area (Å²) in [5.41, 5.74) is 2.10. The first kappa shape index (κ1) is 16.0. The van der Waals surface area contributed by atoms with Crippen LogP contribution in [-0.2, 0) is 4.74 Å². The first-order valence-corrected chi connectivity index (χ1v) is 7.95. The van der Waals surface area contributed by atoms with Crippen molar-refractivity contribution in [3.8, 4) is 0 Å². The van der Waals surface area contributed by atoms with Gasteiger partial charge in [-0.05, 0) is 24.6 Å². The van der Waals surface area contributed by atoms with Gasteiger partial charge in [0.25, 0.3) is 5.56 Å². The lowest BCUT2D eigenvalue weighted by molar-refractivity contribution is 0.0199. The van der Waals surface area contributed by atoms with E-state index in [0.29, 0.717) is 11.7 Å². The maximum atomic E-state index is 11.8. The molecular formula is C16H19ClN4O2. The van der Waals surface area contributed by atoms with Crippen LogP contribution in [0.15, 0.2) is 35.1 Å². The smallest absolute Gasteiger partial charge is 0.287 e. The van der Waals surface area contributed by atoms with Gasteiger partial charge in [-0.2, -0.15) is 5.10 Å². The summed E-state index contributed by atoms with van der Waals surface area (Å²) in [5, 5.41) is 9.35. The average Bonchev–Trinajstić information content (AvgIpc) is 2.58. The van der Waals surface area contributed by atoms with Crippen molar-refractivity contribution in [3.05, 3.63) is 51.4 Å². The second-order valence-corrected chi connectivity index (χ2v) is 5.90. The molecule has 0 spiro atoms. The van der Waals surface area contributed by atoms with Gasteiger partial charge in [0.2, 0.25) is 0 Å². The third-order valence-corrected chi connectivity index (χ3v) is 4.21. The van der Waals surface area contributed by atoms with Crippen LogP contribution in [0.4, 0.5) is 11.4 Å². The van der Waals surface area contributed by atoms with Crippen LogP contribution in [0.1, 0.15) is 18.5 Å². The SMILES string of the molecule is CC(c1cccc(Nc2cc(Cl)n[nH]c2=O)c1)N1CCOCC1. The molecule has 0 bridgehead atoms. The van der Waals surface area contributed by atoms with E-state index >= 15 is 0 Å². The number of halogens is 1. The highest BCUT2D eigenvalue weighted by atomic mass is 35.5. The lowest BCUT2D eigenvalue weighted by Crippen LogP contribution is -2.38. The fourth-order valence-corrected chi connectivity index (χ4v) is 2.83. The Hall–Kier alpha value is -1.89. The van der Waals surface area contributed by atoms with E-state index in [0.717, 1.165) is 32.0 Å². The van der Waals surface area contributed by atoms with E-state index in [9.17, 15) is 4.79 Å². The molecule has 1 aromatic heterocycles. The summed E-state index contributed by atoms with van der Waals surface area (Å²) in [4.78, 5) is 14.2. The number of nitrogens with one attached hydrogen (secondary N) is 2. The van der Waals surface area contributed by atoms with Crippen molar-refractivity contribution in [3.63, 3.8) is 0 Å². The molecule has 2 N–H and O–H groups in total. The fourth-order valence-electron chi connectivity index (χ4n) is 2.68. The van der Waals surface area contributed by atoms with Crippen LogP contribution in [0.3, 0.4) is 0 Å². The van der Waals surface area contributed by atoms with Crippen molar-refractivity contribution < 1.29 is 4.74 Å². The second-order valence-electron chi connectivity index (χ2n) is 5.51. The minimum absolute atomic E-state index is 0.241. The van der Waals surface area contributed by atoms with Gasteiger partial charge in [-0.1, -0.05) is 23.7 Å². The molecule has 2 aromatic rings. The summed E-state index contributed by atoms with van der Waals surface area (Å²) in [5.74, 6) is 0. The van der Waals surface area contributed by atoms with Gasteiger partial charge < -0.3 is 10.1 Å². The summed E-state index contributed by atoms with van der Waals surface area (Å²) in [6.07, 6.45) is 0. The van der Waals surface area contributed by atoms with Crippen LogP contribution in [0.25, 0.3) is 0 Å². The number of ether oxygens (including phenoxy) is 1. The zero-order valence-electron chi connectivity index (χ0n) is 12.9. The van der Waals surface area contributed by atoms with E-state index in [1.54, 1.807) is 0 Å². The number of aromatic amines is 1. The van der Waals surface area contributed by atoms with E-state index in [1.165, 1.54) is 11.6 Å². The Morgan fingerprint density at radius 1 is 1.35 bits per heavy atom. The highest BCUT2D eigenvalue weighted by Crippen LogP contribution is 2.25. The molecule has 1 aromatic carbocycles. The molecule has 2 heterocycles. The highest BCUT2D eigenvalue weighted by Gasteiger charge is 2.18. The zero-order chi connectivity index (χ0) is 16.2. The largest absolute Gasteiger partial charge is 0.379 e. The van der Waals surface area contributed by atoms with Gasteiger partial charge in [-0.3, -0.25) is 9.69 Å². The third-order valence-electron chi connectivity index (χ3n) is 4.01. The topological polar surface area (TPSA) is 70.2 Å². The van der Waals surface area contributed by atoms with E-state index in [1.807, 2.05) is 18.2 Å². The maximum absolute atomic E-state index is 11.8. The summed E-state index contributed by atoms with van der Waals surface area (Å²) >= 11 is 5.83. The molecule has 1 aliphatic rings. The molecule has 6 nitrogen and oxygen atoms in total. The van der Waals surface area contributed by atoms with E-state index < -0.39 is 0 Å². The molecule has 0 saturated carbocycles. The molecule has 3 rings (SSSR count). The van der Waals surface area contributed by atoms with Crippen LogP contribution in [0, 0.1) is 0 Å². The average molecular weight is 335 g/mol. The number of rotatable bonds is 4. The Bertz CT molecular complexity index is 728. The van der Waals surface area contributed by atoms with E-state index in [-0.39, 0.29) is 10.7 Å². The summed E-state index contributed by atoms with van der Waals surface area (Å²) < 4.78 is 5.40. The van der Waals surface area contributed by atoms with Crippen molar-refractivity contribution in [2.75, 3.05) is 31.6 Å². The van der Waals surface area contributed by atoms with Gasteiger partial charge in [-0.15, -0.1) is 0 Å². The number of morpholine rings is 1. The second kappa shape index (κ2) is 7.12. The number of hydrogen-bond donors (Lipinski definition) is 2. The Kier molecular flexibility index (Phi) is 4.95. The highest BCUT2D eigenvalue weighted by molar-refractivity contribution is 6.29. The summed E-state index contributed by atoms with van der Waals surface area (Å²) in [7, 11) is 0. The molecule has 1 saturated heterocycles. The van der Waals surface area contributed by atoms with Crippen LogP contribution in [0.2, 0.25) is 5.15 Å². The Morgan fingerprint density at radius 3 is 2.91 bits per heavy atom. The monoisotopic (exact) mass is 334 g/mol. The van der Waals surface area contributed by atoms with Gasteiger partial charge >= 0.3 is 0 Å². The number of hydrogen-bond acceptors (Lipinski definition) is 5. The molecule has 1 aliphatic heterocycles. The number of aromatic nitrogens is 2. The Labute approximate surface area is 139 Å². The van der Waals surface area contributed by atoms with Crippen LogP contribution in [-0.4, -0.2) is 41.4 Å². The van der Waals surface area contributed by atoms with Crippen molar-refractivity contribution in [2.45, 2.75) is 13.0 Å². The van der Waals surface area contributed by atoms with Gasteiger partial charge in [0.05, 0.1) is 13.2 Å². The fraction of sp³-hybridized carbons (Fsp3) is 0.375. The Balaban J connectivity index is 1.79. The van der Waals surface area contributed by atoms with Gasteiger partial charge in [0.1, 0.15) is 5.69 Å². The minimum atomic E-state index is -0.305. The minimum Gasteiger partial charge on any atom is -0.379 e. The van der Waals surface area contributed by atoms with Crippen molar-refractivity contribution in [2.24, 2.45) is 0 Å². The first-order valence-electron chi connectivity index (χ1n) is 7.57. The van der Waals surface area contributed by atoms with Crippen LogP contribution in [0.5, 0.6) is 0 Å². The quantitative estimate of drug-likeness (QED) is 0.899. The zero-order valence-corrected chi connectivity index (χ0v) is 13.6. The summed E-state index contributed by atoms with van der Waals surface area (Å²) in [6.45, 7) is 5.58. The third kappa shape index (κ3) is 3.90. The lowest BCUT2D eigenvalue weighted by Gasteiger charge is -2.32. The maximum Gasteiger partial charge on any atom is 0.287 e. The predicted molar refractivity (Wildman–Crippen MR) is 90.4 cm³/mol. The van der Waals surface area contributed by atoms with Crippen molar-refractivity contribution in [1.29, 1.82) is 0 Å². The molecule has 122 valence electrons. The molecular weight excluding hydrogens is 316 g/mol. The van der Waals surface area contributed by atoms with Gasteiger partial charge in [0.15, 0.2) is 5.15 Å². The molecule has 7 heteroatoms. The number of benzene rings is 1. The molecule has 0 amide bonds. The summed E-state index contributed by atoms with van der Waals surface area (Å²) in [6, 6.07) is 9.84. The normalized spacial score (nSPS) is 17.0. The van der Waals surface area contributed by atoms with Gasteiger partial charge in [0, 0.05) is 30.9 Å². The van der Waals surface area contributed by atoms with Crippen molar-refractivity contribution in [1.82, 2.24) is 15.1 Å². The standard InChI is InChI=1S/C16H19ClN4O2/c1-11(21-5-7-23-8-6-21)12-3-2-4-13(9-12)18-14-10-15(17)19-20-16(14)22/h2-4,9-11H,5-8H2,1H3,(H,18,19)(H,20,22). The van der Waals surface area contributed by atoms with E-state index in [4.69, 9.17) is 16.3 Å². The van der Waals surface area contributed by atoms with E-state index in [2.05, 4.69) is 33.4 Å².